The highest BCUT2D eigenvalue weighted by atomic mass is 16.5. The van der Waals surface area contributed by atoms with Gasteiger partial charge in [-0.05, 0) is 123 Å². The zero-order valence-corrected chi connectivity index (χ0v) is 39.1. The van der Waals surface area contributed by atoms with Gasteiger partial charge in [0.25, 0.3) is 0 Å². The molecule has 5 nitrogen and oxygen atoms in total. The molecule has 4 aromatic carbocycles. The van der Waals surface area contributed by atoms with Crippen molar-refractivity contribution in [3.8, 4) is 17.3 Å². The summed E-state index contributed by atoms with van der Waals surface area (Å²) in [6, 6.07) is 31.8. The molecule has 0 bridgehead atoms. The molecule has 5 heteroatoms. The first-order valence-corrected chi connectivity index (χ1v) is 21.5. The Labute approximate surface area is 355 Å². The lowest BCUT2D eigenvalue weighted by Crippen LogP contribution is -2.28. The molecule has 2 aromatic heterocycles. The summed E-state index contributed by atoms with van der Waals surface area (Å²) < 4.78 is 9.28. The van der Waals surface area contributed by atoms with E-state index < -0.39 is 0 Å². The molecule has 0 atom stereocenters. The second kappa shape index (κ2) is 14.3. The zero-order chi connectivity index (χ0) is 43.2. The van der Waals surface area contributed by atoms with Crippen LogP contribution >= 0.6 is 0 Å². The fourth-order valence-electron chi connectivity index (χ4n) is 8.08. The summed E-state index contributed by atoms with van der Waals surface area (Å²) in [5.41, 5.74) is 13.6. The van der Waals surface area contributed by atoms with E-state index >= 15 is 0 Å². The number of hydrogen-bond donors (Lipinski definition) is 0. The maximum atomic E-state index is 6.96. The summed E-state index contributed by atoms with van der Waals surface area (Å²) in [4.78, 5) is 9.90. The van der Waals surface area contributed by atoms with Gasteiger partial charge in [-0.3, -0.25) is 4.57 Å². The maximum Gasteiger partial charge on any atom is 0.137 e. The normalized spacial score (nSPS) is 14.7. The van der Waals surface area contributed by atoms with Crippen molar-refractivity contribution in [3.63, 3.8) is 0 Å². The molecule has 0 fully saturated rings. The van der Waals surface area contributed by atoms with E-state index in [1.54, 1.807) is 0 Å². The van der Waals surface area contributed by atoms with E-state index in [4.69, 9.17) is 9.72 Å². The second-order valence-corrected chi connectivity index (χ2v) is 22.2. The number of hydrogen-bond acceptors (Lipinski definition) is 4. The minimum absolute atomic E-state index is 0.00446. The fraction of sp³-hybridized carbons (Fsp3) is 0.426. The molecule has 0 saturated heterocycles. The van der Waals surface area contributed by atoms with Gasteiger partial charge in [0.05, 0.1) is 17.7 Å². The van der Waals surface area contributed by atoms with Crippen LogP contribution in [0.15, 0.2) is 103 Å². The molecule has 0 amide bonds. The van der Waals surface area contributed by atoms with E-state index in [0.29, 0.717) is 0 Å². The average molecular weight is 789 g/mol. The topological polar surface area (TPSA) is 33.5 Å². The lowest BCUT2D eigenvalue weighted by molar-refractivity contribution is 0.479. The largest absolute Gasteiger partial charge is 0.457 e. The van der Waals surface area contributed by atoms with E-state index in [2.05, 4.69) is 217 Å². The van der Waals surface area contributed by atoms with Crippen molar-refractivity contribution in [1.82, 2.24) is 9.55 Å². The van der Waals surface area contributed by atoms with E-state index in [-0.39, 0.29) is 27.1 Å². The first kappa shape index (κ1) is 42.1. The molecule has 0 aliphatic carbocycles. The molecule has 7 rings (SSSR count). The highest BCUT2D eigenvalue weighted by Crippen LogP contribution is 2.42. The van der Waals surface area contributed by atoms with Crippen LogP contribution < -0.4 is 14.5 Å². The number of fused-ring (bicyclic) bond motifs is 3. The molecule has 0 radical (unpaired) electrons. The van der Waals surface area contributed by atoms with Gasteiger partial charge in [0, 0.05) is 51.9 Å². The molecule has 0 unspecified atom stereocenters. The lowest BCUT2D eigenvalue weighted by atomic mass is 9.80. The molecular weight excluding hydrogens is 721 g/mol. The Kier molecular flexibility index (Phi) is 10.2. The van der Waals surface area contributed by atoms with Crippen LogP contribution in [0.25, 0.3) is 27.6 Å². The quantitative estimate of drug-likeness (QED) is 0.174. The summed E-state index contributed by atoms with van der Waals surface area (Å²) in [5.74, 6) is 2.53. The van der Waals surface area contributed by atoms with E-state index in [1.807, 2.05) is 6.20 Å². The predicted molar refractivity (Wildman–Crippen MR) is 253 cm³/mol. The number of allylic oxidation sites excluding steroid dienone is 2. The molecule has 0 spiro atoms. The third-order valence-electron chi connectivity index (χ3n) is 12.3. The number of pyridine rings is 1. The van der Waals surface area contributed by atoms with Gasteiger partial charge in [0.15, 0.2) is 0 Å². The molecule has 0 saturated carbocycles. The number of anilines is 2. The summed E-state index contributed by atoms with van der Waals surface area (Å²) in [7, 11) is 0. The van der Waals surface area contributed by atoms with E-state index in [0.717, 1.165) is 40.7 Å². The van der Waals surface area contributed by atoms with Crippen LogP contribution in [0, 0.1) is 0 Å². The fourth-order valence-corrected chi connectivity index (χ4v) is 8.08. The van der Waals surface area contributed by atoms with Gasteiger partial charge in [0.2, 0.25) is 0 Å². The van der Waals surface area contributed by atoms with Gasteiger partial charge in [-0.25, -0.2) is 4.98 Å². The lowest BCUT2D eigenvalue weighted by Gasteiger charge is -2.30. The number of ether oxygens (including phenoxy) is 1. The zero-order valence-electron chi connectivity index (χ0n) is 39.1. The Bertz CT molecular complexity index is 2570. The van der Waals surface area contributed by atoms with Gasteiger partial charge in [0.1, 0.15) is 17.3 Å². The van der Waals surface area contributed by atoms with E-state index in [9.17, 15) is 0 Å². The van der Waals surface area contributed by atoms with Crippen LogP contribution in [-0.4, -0.2) is 16.2 Å². The molecule has 6 aromatic rings. The Balaban J connectivity index is 1.32. The second-order valence-electron chi connectivity index (χ2n) is 22.2. The Morgan fingerprint density at radius 1 is 0.441 bits per heavy atom. The highest BCUT2D eigenvalue weighted by molar-refractivity contribution is 6.09. The molecule has 1 aliphatic rings. The molecular formula is C54H68N4O. The molecule has 0 N–H and O–H groups in total. The van der Waals surface area contributed by atoms with Crippen molar-refractivity contribution < 1.29 is 4.74 Å². The van der Waals surface area contributed by atoms with Crippen LogP contribution in [0.3, 0.4) is 0 Å². The number of benzene rings is 4. The predicted octanol–water partition coefficient (Wildman–Crippen LogP) is 15.0. The Morgan fingerprint density at radius 2 is 0.898 bits per heavy atom. The number of rotatable bonds is 5. The molecule has 1 aliphatic heterocycles. The van der Waals surface area contributed by atoms with Crippen LogP contribution in [0.4, 0.5) is 11.4 Å². The Hall–Kier alpha value is -5.03. The molecule has 59 heavy (non-hydrogen) atoms. The maximum absolute atomic E-state index is 6.96. The van der Waals surface area contributed by atoms with E-state index in [1.165, 1.54) is 55.7 Å². The monoisotopic (exact) mass is 789 g/mol. The summed E-state index contributed by atoms with van der Waals surface area (Å²) in [5, 5.41) is 2.39. The molecule has 3 heterocycles. The van der Waals surface area contributed by atoms with Crippen LogP contribution in [0.2, 0.25) is 0 Å². The van der Waals surface area contributed by atoms with Crippen molar-refractivity contribution in [2.24, 2.45) is 0 Å². The Morgan fingerprint density at radius 3 is 1.42 bits per heavy atom. The van der Waals surface area contributed by atoms with Gasteiger partial charge in [-0.1, -0.05) is 122 Å². The minimum Gasteiger partial charge on any atom is -0.457 e. The minimum atomic E-state index is -0.0896. The van der Waals surface area contributed by atoms with Crippen molar-refractivity contribution in [2.45, 2.75) is 145 Å². The summed E-state index contributed by atoms with van der Waals surface area (Å²) in [6.07, 6.45) is 1.95. The van der Waals surface area contributed by atoms with Gasteiger partial charge < -0.3 is 14.5 Å². The number of aromatic nitrogens is 2. The SMILES string of the molecule is CC1=C(C)N(c2cc(C(C)(C)C)cc(C(C)(C)C)c2)CN1c1cc(Oc2ccc3c4ccc(C(C)(C)C)cc4n(-c4cc(C(C)(C)C)ccn4)c3c2)cc(C(C)(C)C)c1. The first-order chi connectivity index (χ1) is 27.2. The standard InChI is InChI=1S/C54H68N4O/c1-34-35(2)57(33-56(34)41-25-38(52(9,10)11)24-39(26-41)53(12,13)14)42-27-40(54(15,16)17)28-44(31-42)59-43-19-21-46-45-20-18-36(50(3,4)5)29-47(45)58(48(46)32-43)49-30-37(22-23-55-49)51(6,7)8/h18-32H,33H2,1-17H3. The van der Waals surface area contributed by atoms with Crippen molar-refractivity contribution in [2.75, 3.05) is 16.5 Å². The van der Waals surface area contributed by atoms with Crippen molar-refractivity contribution >= 4 is 33.2 Å². The smallest absolute Gasteiger partial charge is 0.137 e. The third kappa shape index (κ3) is 8.27. The van der Waals surface area contributed by atoms with Crippen LogP contribution in [-0.2, 0) is 27.1 Å². The first-order valence-electron chi connectivity index (χ1n) is 21.5. The molecule has 310 valence electrons. The highest BCUT2D eigenvalue weighted by Gasteiger charge is 2.30. The third-order valence-corrected chi connectivity index (χ3v) is 12.3. The van der Waals surface area contributed by atoms with Gasteiger partial charge in [-0.2, -0.15) is 0 Å². The van der Waals surface area contributed by atoms with Crippen molar-refractivity contribution in [1.29, 1.82) is 0 Å². The number of nitrogens with zero attached hydrogens (tertiary/aromatic N) is 4. The van der Waals surface area contributed by atoms with Gasteiger partial charge >= 0.3 is 0 Å². The van der Waals surface area contributed by atoms with Crippen LogP contribution in [0.1, 0.15) is 146 Å². The summed E-state index contributed by atoms with van der Waals surface area (Å²) >= 11 is 0. The average Bonchev–Trinajstić information content (AvgIpc) is 3.61. The van der Waals surface area contributed by atoms with Crippen LogP contribution in [0.5, 0.6) is 11.5 Å². The van der Waals surface area contributed by atoms with Gasteiger partial charge in [-0.15, -0.1) is 0 Å². The summed E-state index contributed by atoms with van der Waals surface area (Å²) in [6.45, 7) is 39.5. The van der Waals surface area contributed by atoms with Crippen molar-refractivity contribution in [3.05, 3.63) is 130 Å².